The summed E-state index contributed by atoms with van der Waals surface area (Å²) in [5.41, 5.74) is 1.28. The Balaban J connectivity index is 2.34. The number of rotatable bonds is 7. The molecular weight excluding hydrogens is 256 g/mol. The summed E-state index contributed by atoms with van der Waals surface area (Å²) in [6, 6.07) is 0.485. The van der Waals surface area contributed by atoms with Crippen molar-refractivity contribution >= 4 is 22.1 Å². The fourth-order valence-electron chi connectivity index (χ4n) is 2.22. The number of fused-ring (bicyclic) bond motifs is 1. The Morgan fingerprint density at radius 1 is 1.42 bits per heavy atom. The van der Waals surface area contributed by atoms with Crippen LogP contribution in [-0.2, 0) is 6.54 Å². The lowest BCUT2D eigenvalue weighted by Gasteiger charge is -2.21. The van der Waals surface area contributed by atoms with Crippen molar-refractivity contribution in [3.63, 3.8) is 0 Å². The van der Waals surface area contributed by atoms with E-state index in [0.717, 1.165) is 36.8 Å². The minimum absolute atomic E-state index is 0.485. The van der Waals surface area contributed by atoms with Crippen LogP contribution in [0.1, 0.15) is 39.8 Å². The minimum Gasteiger partial charge on any atom is -0.355 e. The van der Waals surface area contributed by atoms with Crippen LogP contribution in [0.4, 0.5) is 5.82 Å². The van der Waals surface area contributed by atoms with E-state index in [0.29, 0.717) is 6.04 Å². The standard InChI is InChI=1S/C14H24N4S/c1-5-7-17(6-2)13-12(10-15-11(3)4)18-8-9-19-14(18)16-13/h8-9,11,15H,5-7,10H2,1-4H3. The molecule has 0 fully saturated rings. The summed E-state index contributed by atoms with van der Waals surface area (Å²) in [5.74, 6) is 1.14. The van der Waals surface area contributed by atoms with Crippen molar-refractivity contribution in [2.24, 2.45) is 0 Å². The van der Waals surface area contributed by atoms with E-state index >= 15 is 0 Å². The van der Waals surface area contributed by atoms with E-state index < -0.39 is 0 Å². The first-order chi connectivity index (χ1) is 9.17. The van der Waals surface area contributed by atoms with E-state index in [1.165, 1.54) is 5.69 Å². The maximum absolute atomic E-state index is 4.81. The molecule has 0 saturated heterocycles. The van der Waals surface area contributed by atoms with Gasteiger partial charge in [0.25, 0.3) is 0 Å². The van der Waals surface area contributed by atoms with Crippen LogP contribution in [0.2, 0.25) is 0 Å². The number of anilines is 1. The number of imidazole rings is 1. The fourth-order valence-corrected chi connectivity index (χ4v) is 2.95. The van der Waals surface area contributed by atoms with Crippen molar-refractivity contribution in [2.75, 3.05) is 18.0 Å². The highest BCUT2D eigenvalue weighted by molar-refractivity contribution is 7.15. The van der Waals surface area contributed by atoms with Crippen LogP contribution >= 0.6 is 11.3 Å². The van der Waals surface area contributed by atoms with Crippen LogP contribution in [-0.4, -0.2) is 28.5 Å². The summed E-state index contributed by atoms with van der Waals surface area (Å²) >= 11 is 1.70. The van der Waals surface area contributed by atoms with Gasteiger partial charge in [0.15, 0.2) is 10.8 Å². The Hall–Kier alpha value is -1.07. The Morgan fingerprint density at radius 2 is 2.21 bits per heavy atom. The van der Waals surface area contributed by atoms with Crippen molar-refractivity contribution in [3.05, 3.63) is 17.3 Å². The van der Waals surface area contributed by atoms with Gasteiger partial charge in [0.2, 0.25) is 0 Å². The third-order valence-electron chi connectivity index (χ3n) is 3.19. The number of hydrogen-bond donors (Lipinski definition) is 1. The lowest BCUT2D eigenvalue weighted by atomic mass is 10.3. The third kappa shape index (κ3) is 3.09. The van der Waals surface area contributed by atoms with E-state index in [-0.39, 0.29) is 0 Å². The molecule has 0 atom stereocenters. The van der Waals surface area contributed by atoms with Gasteiger partial charge in [0.05, 0.1) is 5.69 Å². The minimum atomic E-state index is 0.485. The summed E-state index contributed by atoms with van der Waals surface area (Å²) in [5, 5.41) is 5.61. The lowest BCUT2D eigenvalue weighted by Crippen LogP contribution is -2.28. The van der Waals surface area contributed by atoms with Crippen LogP contribution in [0.3, 0.4) is 0 Å². The molecule has 2 aromatic rings. The summed E-state index contributed by atoms with van der Waals surface area (Å²) in [6.07, 6.45) is 3.27. The molecule has 0 saturated carbocycles. The molecule has 2 aromatic heterocycles. The average Bonchev–Trinajstić information content (AvgIpc) is 2.94. The number of nitrogens with zero attached hydrogens (tertiary/aromatic N) is 3. The predicted octanol–water partition coefficient (Wildman–Crippen LogP) is 3.13. The van der Waals surface area contributed by atoms with Crippen LogP contribution in [0, 0.1) is 0 Å². The fraction of sp³-hybridized carbons (Fsp3) is 0.643. The molecule has 0 aliphatic rings. The highest BCUT2D eigenvalue weighted by Gasteiger charge is 2.17. The van der Waals surface area contributed by atoms with E-state index in [1.807, 2.05) is 0 Å². The van der Waals surface area contributed by atoms with Gasteiger partial charge in [-0.25, -0.2) is 4.98 Å². The quantitative estimate of drug-likeness (QED) is 0.846. The van der Waals surface area contributed by atoms with Gasteiger partial charge in [-0.1, -0.05) is 20.8 Å². The van der Waals surface area contributed by atoms with Gasteiger partial charge >= 0.3 is 0 Å². The maximum Gasteiger partial charge on any atom is 0.195 e. The zero-order valence-electron chi connectivity index (χ0n) is 12.3. The van der Waals surface area contributed by atoms with Crippen LogP contribution in [0.15, 0.2) is 11.6 Å². The summed E-state index contributed by atoms with van der Waals surface area (Å²) < 4.78 is 2.22. The van der Waals surface area contributed by atoms with Crippen molar-refractivity contribution in [1.82, 2.24) is 14.7 Å². The summed E-state index contributed by atoms with van der Waals surface area (Å²) in [6.45, 7) is 11.7. The molecule has 0 unspecified atom stereocenters. The number of aromatic nitrogens is 2. The zero-order valence-corrected chi connectivity index (χ0v) is 13.1. The molecule has 0 aliphatic heterocycles. The third-order valence-corrected chi connectivity index (χ3v) is 3.95. The molecule has 0 bridgehead atoms. The molecule has 0 aromatic carbocycles. The van der Waals surface area contributed by atoms with Gasteiger partial charge in [0, 0.05) is 37.3 Å². The lowest BCUT2D eigenvalue weighted by molar-refractivity contribution is 0.578. The van der Waals surface area contributed by atoms with Crippen molar-refractivity contribution < 1.29 is 0 Å². The molecule has 0 spiro atoms. The van der Waals surface area contributed by atoms with Crippen LogP contribution in [0.25, 0.3) is 4.96 Å². The first-order valence-corrected chi connectivity index (χ1v) is 7.98. The van der Waals surface area contributed by atoms with Crippen molar-refractivity contribution in [3.8, 4) is 0 Å². The molecule has 106 valence electrons. The molecule has 19 heavy (non-hydrogen) atoms. The van der Waals surface area contributed by atoms with Gasteiger partial charge in [-0.05, 0) is 13.3 Å². The highest BCUT2D eigenvalue weighted by atomic mass is 32.1. The molecule has 5 heteroatoms. The Morgan fingerprint density at radius 3 is 2.84 bits per heavy atom. The summed E-state index contributed by atoms with van der Waals surface area (Å²) in [4.78, 5) is 8.27. The van der Waals surface area contributed by atoms with Gasteiger partial charge in [-0.3, -0.25) is 4.40 Å². The van der Waals surface area contributed by atoms with Gasteiger partial charge < -0.3 is 10.2 Å². The Kier molecular flexibility index (Phi) is 4.82. The van der Waals surface area contributed by atoms with Gasteiger partial charge in [-0.2, -0.15) is 0 Å². The first-order valence-electron chi connectivity index (χ1n) is 7.10. The monoisotopic (exact) mass is 280 g/mol. The SMILES string of the molecule is CCCN(CC)c1nc2sccn2c1CNC(C)C. The normalized spacial score (nSPS) is 11.6. The smallest absolute Gasteiger partial charge is 0.195 e. The van der Waals surface area contributed by atoms with Crippen molar-refractivity contribution in [1.29, 1.82) is 0 Å². The predicted molar refractivity (Wildman–Crippen MR) is 83.2 cm³/mol. The summed E-state index contributed by atoms with van der Waals surface area (Å²) in [7, 11) is 0. The molecule has 2 heterocycles. The van der Waals surface area contributed by atoms with Crippen LogP contribution in [0.5, 0.6) is 0 Å². The second-order valence-corrected chi connectivity index (χ2v) is 5.93. The second kappa shape index (κ2) is 6.39. The highest BCUT2D eigenvalue weighted by Crippen LogP contribution is 2.25. The second-order valence-electron chi connectivity index (χ2n) is 5.05. The molecule has 0 amide bonds. The van der Waals surface area contributed by atoms with Crippen LogP contribution < -0.4 is 10.2 Å². The average molecular weight is 280 g/mol. The van der Waals surface area contributed by atoms with Gasteiger partial charge in [-0.15, -0.1) is 11.3 Å². The topological polar surface area (TPSA) is 32.6 Å². The number of nitrogens with one attached hydrogen (secondary N) is 1. The molecule has 0 radical (unpaired) electrons. The molecule has 2 rings (SSSR count). The zero-order chi connectivity index (χ0) is 13.8. The number of thiazole rings is 1. The van der Waals surface area contributed by atoms with E-state index in [9.17, 15) is 0 Å². The Bertz CT molecular complexity index is 514. The largest absolute Gasteiger partial charge is 0.355 e. The first kappa shape index (κ1) is 14.3. The van der Waals surface area contributed by atoms with Crippen molar-refractivity contribution in [2.45, 2.75) is 46.7 Å². The molecular formula is C14H24N4S. The number of hydrogen-bond acceptors (Lipinski definition) is 4. The van der Waals surface area contributed by atoms with E-state index in [1.54, 1.807) is 11.3 Å². The van der Waals surface area contributed by atoms with E-state index in [4.69, 9.17) is 4.98 Å². The molecule has 1 N–H and O–H groups in total. The Labute approximate surface area is 119 Å². The molecule has 0 aliphatic carbocycles. The van der Waals surface area contributed by atoms with E-state index in [2.05, 4.69) is 53.9 Å². The molecule has 4 nitrogen and oxygen atoms in total. The van der Waals surface area contributed by atoms with Gasteiger partial charge in [0.1, 0.15) is 0 Å². The maximum atomic E-state index is 4.81.